The number of nitro groups is 1. The van der Waals surface area contributed by atoms with Crippen molar-refractivity contribution in [3.63, 3.8) is 0 Å². The normalized spacial score (nSPS) is 17.3. The largest absolute Gasteiger partial charge is 0.369 e. The number of nitrogens with one attached hydrogen (secondary N) is 1. The van der Waals surface area contributed by atoms with Crippen LogP contribution in [-0.2, 0) is 4.79 Å². The Hall–Kier alpha value is -2.64. The van der Waals surface area contributed by atoms with Crippen molar-refractivity contribution in [1.29, 1.82) is 0 Å². The predicted molar refractivity (Wildman–Crippen MR) is 85.2 cm³/mol. The van der Waals surface area contributed by atoms with Crippen molar-refractivity contribution < 1.29 is 14.5 Å². The lowest BCUT2D eigenvalue weighted by atomic mass is 10.1. The molecular weight excluding hydrogens is 300 g/mol. The summed E-state index contributed by atoms with van der Waals surface area (Å²) in [6.45, 7) is 4.50. The molecule has 1 unspecified atom stereocenters. The monoisotopic (exact) mass is 320 g/mol. The van der Waals surface area contributed by atoms with Gasteiger partial charge in [0.05, 0.1) is 10.8 Å². The minimum Gasteiger partial charge on any atom is -0.369 e. The van der Waals surface area contributed by atoms with Crippen LogP contribution in [0.5, 0.6) is 0 Å². The van der Waals surface area contributed by atoms with Crippen LogP contribution in [0.15, 0.2) is 18.2 Å². The number of benzene rings is 1. The van der Waals surface area contributed by atoms with Gasteiger partial charge in [0.2, 0.25) is 5.91 Å². The molecule has 1 heterocycles. The van der Waals surface area contributed by atoms with Gasteiger partial charge in [0.1, 0.15) is 5.69 Å². The lowest BCUT2D eigenvalue weighted by Crippen LogP contribution is -2.30. The van der Waals surface area contributed by atoms with E-state index in [-0.39, 0.29) is 29.1 Å². The van der Waals surface area contributed by atoms with E-state index >= 15 is 0 Å². The number of hydrogen-bond acceptors (Lipinski definition) is 5. The Bertz CT molecular complexity index is 644. The van der Waals surface area contributed by atoms with Crippen LogP contribution in [-0.4, -0.2) is 35.9 Å². The number of nitrogens with zero attached hydrogens (tertiary/aromatic N) is 2. The topological polar surface area (TPSA) is 119 Å². The Morgan fingerprint density at radius 2 is 2.13 bits per heavy atom. The number of rotatable bonds is 5. The minimum atomic E-state index is -0.515. The second-order valence-electron chi connectivity index (χ2n) is 5.92. The highest BCUT2D eigenvalue weighted by Gasteiger charge is 2.31. The zero-order valence-corrected chi connectivity index (χ0v) is 13.1. The van der Waals surface area contributed by atoms with Gasteiger partial charge in [0.25, 0.3) is 11.6 Å². The summed E-state index contributed by atoms with van der Waals surface area (Å²) in [6.07, 6.45) is 0.572. The molecule has 0 aliphatic carbocycles. The molecule has 8 heteroatoms. The van der Waals surface area contributed by atoms with Gasteiger partial charge in [-0.25, -0.2) is 0 Å². The van der Waals surface area contributed by atoms with Crippen molar-refractivity contribution in [2.24, 2.45) is 11.7 Å². The summed E-state index contributed by atoms with van der Waals surface area (Å²) in [5.41, 5.74) is 5.79. The molecule has 23 heavy (non-hydrogen) atoms. The van der Waals surface area contributed by atoms with Crippen LogP contribution in [0.2, 0.25) is 0 Å². The van der Waals surface area contributed by atoms with Gasteiger partial charge in [-0.15, -0.1) is 0 Å². The van der Waals surface area contributed by atoms with Gasteiger partial charge in [-0.3, -0.25) is 19.7 Å². The number of carbonyl (C=O) groups is 2. The van der Waals surface area contributed by atoms with Crippen molar-refractivity contribution in [1.82, 2.24) is 5.32 Å². The number of nitro benzene ring substituents is 1. The molecule has 124 valence electrons. The van der Waals surface area contributed by atoms with Crippen LogP contribution in [0.3, 0.4) is 0 Å². The molecule has 2 amide bonds. The van der Waals surface area contributed by atoms with Gasteiger partial charge >= 0.3 is 0 Å². The zero-order valence-electron chi connectivity index (χ0n) is 13.1. The molecule has 1 aromatic carbocycles. The third-order valence-electron chi connectivity index (χ3n) is 3.79. The second kappa shape index (κ2) is 6.64. The number of carbonyl (C=O) groups excluding carboxylic acids is 2. The molecule has 3 N–H and O–H groups in total. The maximum atomic E-state index is 12.0. The summed E-state index contributed by atoms with van der Waals surface area (Å²) in [6, 6.07) is 4.31. The number of anilines is 1. The van der Waals surface area contributed by atoms with E-state index in [4.69, 9.17) is 5.73 Å². The fourth-order valence-electron chi connectivity index (χ4n) is 2.64. The van der Waals surface area contributed by atoms with E-state index in [2.05, 4.69) is 5.32 Å². The van der Waals surface area contributed by atoms with Crippen LogP contribution < -0.4 is 16.0 Å². The number of amides is 2. The predicted octanol–water partition coefficient (Wildman–Crippen LogP) is 1.04. The van der Waals surface area contributed by atoms with Gasteiger partial charge in [-0.05, 0) is 32.4 Å². The molecule has 1 atom stereocenters. The molecular formula is C15H20N4O4. The maximum absolute atomic E-state index is 12.0. The van der Waals surface area contributed by atoms with Crippen LogP contribution in [0, 0.1) is 16.0 Å². The summed E-state index contributed by atoms with van der Waals surface area (Å²) in [5.74, 6) is -1.06. The SMILES string of the molecule is CC(C)NC(=O)c1ccc(N2CCC(C(N)=O)C2)c([N+](=O)[O-])c1. The van der Waals surface area contributed by atoms with Crippen molar-refractivity contribution in [2.75, 3.05) is 18.0 Å². The first-order valence-electron chi connectivity index (χ1n) is 7.43. The van der Waals surface area contributed by atoms with Crippen LogP contribution >= 0.6 is 0 Å². The molecule has 0 bridgehead atoms. The summed E-state index contributed by atoms with van der Waals surface area (Å²) in [5, 5.41) is 14.0. The van der Waals surface area contributed by atoms with Crippen molar-refractivity contribution in [3.05, 3.63) is 33.9 Å². The number of hydrogen-bond donors (Lipinski definition) is 2. The fourth-order valence-corrected chi connectivity index (χ4v) is 2.64. The highest BCUT2D eigenvalue weighted by Crippen LogP contribution is 2.33. The summed E-state index contributed by atoms with van der Waals surface area (Å²) in [4.78, 5) is 35.8. The molecule has 0 radical (unpaired) electrons. The Kier molecular flexibility index (Phi) is 4.83. The molecule has 0 saturated carbocycles. The second-order valence-corrected chi connectivity index (χ2v) is 5.92. The summed E-state index contributed by atoms with van der Waals surface area (Å²) < 4.78 is 0. The molecule has 0 aromatic heterocycles. The molecule has 2 rings (SSSR count). The average molecular weight is 320 g/mol. The average Bonchev–Trinajstić information content (AvgIpc) is 2.95. The number of nitrogens with two attached hydrogens (primary N) is 1. The Morgan fingerprint density at radius 1 is 1.43 bits per heavy atom. The van der Waals surface area contributed by atoms with E-state index < -0.39 is 10.8 Å². The molecule has 1 aliphatic rings. The summed E-state index contributed by atoms with van der Waals surface area (Å²) >= 11 is 0. The quantitative estimate of drug-likeness (QED) is 0.621. The van der Waals surface area contributed by atoms with E-state index in [1.165, 1.54) is 6.07 Å². The van der Waals surface area contributed by atoms with Gasteiger partial charge in [-0.1, -0.05) is 0 Å². The van der Waals surface area contributed by atoms with E-state index in [0.29, 0.717) is 25.2 Å². The van der Waals surface area contributed by atoms with Gasteiger partial charge < -0.3 is 16.0 Å². The lowest BCUT2D eigenvalue weighted by Gasteiger charge is -2.18. The Labute approximate surface area is 133 Å². The fraction of sp³-hybridized carbons (Fsp3) is 0.467. The van der Waals surface area contributed by atoms with Crippen LogP contribution in [0.1, 0.15) is 30.6 Å². The van der Waals surface area contributed by atoms with Gasteiger partial charge in [0, 0.05) is 30.8 Å². The van der Waals surface area contributed by atoms with Gasteiger partial charge in [0.15, 0.2) is 0 Å². The van der Waals surface area contributed by atoms with Crippen molar-refractivity contribution in [2.45, 2.75) is 26.3 Å². The maximum Gasteiger partial charge on any atom is 0.293 e. The summed E-state index contributed by atoms with van der Waals surface area (Å²) in [7, 11) is 0. The zero-order chi connectivity index (χ0) is 17.1. The Morgan fingerprint density at radius 3 is 2.65 bits per heavy atom. The first-order chi connectivity index (χ1) is 10.8. The van der Waals surface area contributed by atoms with E-state index in [0.717, 1.165) is 0 Å². The first kappa shape index (κ1) is 16.7. The molecule has 0 spiro atoms. The molecule has 1 aliphatic heterocycles. The van der Waals surface area contributed by atoms with E-state index in [1.54, 1.807) is 17.0 Å². The van der Waals surface area contributed by atoms with Crippen molar-refractivity contribution >= 4 is 23.2 Å². The van der Waals surface area contributed by atoms with Crippen LogP contribution in [0.25, 0.3) is 0 Å². The lowest BCUT2D eigenvalue weighted by molar-refractivity contribution is -0.384. The van der Waals surface area contributed by atoms with E-state index in [1.807, 2.05) is 13.8 Å². The van der Waals surface area contributed by atoms with E-state index in [9.17, 15) is 19.7 Å². The smallest absolute Gasteiger partial charge is 0.293 e. The highest BCUT2D eigenvalue weighted by molar-refractivity contribution is 5.96. The molecule has 1 saturated heterocycles. The third kappa shape index (κ3) is 3.77. The van der Waals surface area contributed by atoms with Crippen LogP contribution in [0.4, 0.5) is 11.4 Å². The highest BCUT2D eigenvalue weighted by atomic mass is 16.6. The molecule has 1 fully saturated rings. The number of primary amides is 1. The van der Waals surface area contributed by atoms with Gasteiger partial charge in [-0.2, -0.15) is 0 Å². The standard InChI is InChI=1S/C15H20N4O4/c1-9(2)17-15(21)10-3-4-12(13(7-10)19(22)23)18-6-5-11(8-18)14(16)20/h3-4,7,9,11H,5-6,8H2,1-2H3,(H2,16,20)(H,17,21). The Balaban J connectivity index is 2.29. The minimum absolute atomic E-state index is 0.0591. The molecule has 1 aromatic rings. The molecule has 8 nitrogen and oxygen atoms in total. The third-order valence-corrected chi connectivity index (χ3v) is 3.79. The van der Waals surface area contributed by atoms with Crippen molar-refractivity contribution in [3.8, 4) is 0 Å². The first-order valence-corrected chi connectivity index (χ1v) is 7.43.